The van der Waals surface area contributed by atoms with Crippen LogP contribution in [0.3, 0.4) is 0 Å². The molecule has 17 heavy (non-hydrogen) atoms. The number of nitrogens with zero attached hydrogens (tertiary/aromatic N) is 4. The van der Waals surface area contributed by atoms with Crippen LogP contribution in [0.15, 0.2) is 10.8 Å². The van der Waals surface area contributed by atoms with Gasteiger partial charge in [-0.3, -0.25) is 5.10 Å². The van der Waals surface area contributed by atoms with Crippen molar-refractivity contribution in [3.63, 3.8) is 0 Å². The number of oxazole rings is 1. The van der Waals surface area contributed by atoms with Crippen LogP contribution in [0.2, 0.25) is 0 Å². The van der Waals surface area contributed by atoms with Crippen LogP contribution in [0.25, 0.3) is 11.5 Å². The number of H-pyrrole nitrogens is 1. The number of nitrogens with one attached hydrogen (secondary N) is 1. The molecule has 1 aliphatic heterocycles. The monoisotopic (exact) mass is 235 g/mol. The molecule has 3 heterocycles. The lowest BCUT2D eigenvalue weighted by molar-refractivity contribution is 0.122. The van der Waals surface area contributed by atoms with E-state index in [-0.39, 0.29) is 0 Å². The van der Waals surface area contributed by atoms with Crippen LogP contribution in [0.4, 0.5) is 5.95 Å². The third-order valence-electron chi connectivity index (χ3n) is 2.74. The van der Waals surface area contributed by atoms with Gasteiger partial charge in [0.2, 0.25) is 5.95 Å². The second-order valence-corrected chi connectivity index (χ2v) is 3.84. The summed E-state index contributed by atoms with van der Waals surface area (Å²) < 4.78 is 10.4. The van der Waals surface area contributed by atoms with E-state index < -0.39 is 0 Å². The zero-order valence-corrected chi connectivity index (χ0v) is 9.51. The minimum absolute atomic E-state index is 0.637. The molecule has 2 aromatic heterocycles. The van der Waals surface area contributed by atoms with E-state index in [1.807, 2.05) is 6.92 Å². The van der Waals surface area contributed by atoms with E-state index in [1.54, 1.807) is 0 Å². The van der Waals surface area contributed by atoms with Crippen LogP contribution in [0.5, 0.6) is 0 Å². The van der Waals surface area contributed by atoms with Gasteiger partial charge in [-0.25, -0.2) is 4.98 Å². The Morgan fingerprint density at radius 1 is 1.35 bits per heavy atom. The van der Waals surface area contributed by atoms with Crippen molar-refractivity contribution in [1.82, 2.24) is 20.2 Å². The summed E-state index contributed by atoms with van der Waals surface area (Å²) in [5.74, 6) is 2.05. The molecule has 0 unspecified atom stereocenters. The molecule has 1 fully saturated rings. The van der Waals surface area contributed by atoms with Crippen LogP contribution in [-0.2, 0) is 4.74 Å². The van der Waals surface area contributed by atoms with E-state index in [4.69, 9.17) is 9.15 Å². The molecule has 90 valence electrons. The zero-order valence-electron chi connectivity index (χ0n) is 9.51. The average Bonchev–Trinajstić information content (AvgIpc) is 2.98. The molecule has 0 aliphatic carbocycles. The third-order valence-corrected chi connectivity index (χ3v) is 2.74. The Labute approximate surface area is 97.8 Å². The number of hydrogen-bond donors (Lipinski definition) is 1. The minimum Gasteiger partial charge on any atom is -0.448 e. The van der Waals surface area contributed by atoms with Crippen LogP contribution in [0, 0.1) is 6.92 Å². The molecule has 1 N–H and O–H groups in total. The summed E-state index contributed by atoms with van der Waals surface area (Å²) in [5.41, 5.74) is 0.706. The first-order valence-corrected chi connectivity index (χ1v) is 5.50. The Bertz CT molecular complexity index is 500. The van der Waals surface area contributed by atoms with Crippen molar-refractivity contribution < 1.29 is 9.15 Å². The fourth-order valence-electron chi connectivity index (χ4n) is 1.80. The lowest BCUT2D eigenvalue weighted by Crippen LogP contribution is -2.36. The van der Waals surface area contributed by atoms with Gasteiger partial charge in [0.05, 0.1) is 13.2 Å². The number of anilines is 1. The van der Waals surface area contributed by atoms with E-state index >= 15 is 0 Å². The van der Waals surface area contributed by atoms with Crippen LogP contribution in [0.1, 0.15) is 5.76 Å². The second kappa shape index (κ2) is 4.17. The maximum absolute atomic E-state index is 5.28. The van der Waals surface area contributed by atoms with Crippen molar-refractivity contribution in [2.75, 3.05) is 31.2 Å². The van der Waals surface area contributed by atoms with E-state index in [0.717, 1.165) is 18.8 Å². The van der Waals surface area contributed by atoms with E-state index in [9.17, 15) is 0 Å². The molecule has 0 atom stereocenters. The van der Waals surface area contributed by atoms with Gasteiger partial charge in [0.25, 0.3) is 0 Å². The summed E-state index contributed by atoms with van der Waals surface area (Å²) in [6.45, 7) is 4.91. The Morgan fingerprint density at radius 2 is 2.18 bits per heavy atom. The predicted octanol–water partition coefficient (Wildman–Crippen LogP) is 0.605. The van der Waals surface area contributed by atoms with Crippen LogP contribution < -0.4 is 4.90 Å². The van der Waals surface area contributed by atoms with Gasteiger partial charge >= 0.3 is 0 Å². The molecule has 3 rings (SSSR count). The maximum atomic E-state index is 5.28. The summed E-state index contributed by atoms with van der Waals surface area (Å²) >= 11 is 0. The van der Waals surface area contributed by atoms with E-state index in [1.165, 1.54) is 6.39 Å². The highest BCUT2D eigenvalue weighted by molar-refractivity contribution is 5.52. The van der Waals surface area contributed by atoms with Crippen LogP contribution in [-0.4, -0.2) is 46.5 Å². The molecule has 7 heteroatoms. The normalized spacial score (nSPS) is 16.4. The Balaban J connectivity index is 1.85. The quantitative estimate of drug-likeness (QED) is 0.821. The minimum atomic E-state index is 0.637. The summed E-state index contributed by atoms with van der Waals surface area (Å²) in [4.78, 5) is 10.6. The van der Waals surface area contributed by atoms with Crippen molar-refractivity contribution in [2.24, 2.45) is 0 Å². The van der Waals surface area contributed by atoms with Crippen LogP contribution >= 0.6 is 0 Å². The number of morpholine rings is 1. The Hall–Kier alpha value is -1.89. The third kappa shape index (κ3) is 1.89. The van der Waals surface area contributed by atoms with Crippen molar-refractivity contribution >= 4 is 5.95 Å². The first-order valence-electron chi connectivity index (χ1n) is 5.50. The summed E-state index contributed by atoms with van der Waals surface area (Å²) in [6.07, 6.45) is 1.40. The standard InChI is InChI=1S/C10H13N5O2/c1-7-8(11-6-17-7)9-12-10(14-13-9)15-2-4-16-5-3-15/h6H,2-5H2,1H3,(H,12,13,14). The highest BCUT2D eigenvalue weighted by Gasteiger charge is 2.18. The van der Waals surface area contributed by atoms with Gasteiger partial charge in [0.15, 0.2) is 12.2 Å². The van der Waals surface area contributed by atoms with Crippen molar-refractivity contribution in [1.29, 1.82) is 0 Å². The van der Waals surface area contributed by atoms with Gasteiger partial charge < -0.3 is 14.1 Å². The van der Waals surface area contributed by atoms with Gasteiger partial charge in [-0.2, -0.15) is 4.98 Å². The molecule has 0 saturated carbocycles. The molecule has 0 spiro atoms. The zero-order chi connectivity index (χ0) is 11.7. The highest BCUT2D eigenvalue weighted by Crippen LogP contribution is 2.19. The molecular weight excluding hydrogens is 222 g/mol. The fraction of sp³-hybridized carbons (Fsp3) is 0.500. The van der Waals surface area contributed by atoms with Gasteiger partial charge in [0.1, 0.15) is 11.5 Å². The molecule has 7 nitrogen and oxygen atoms in total. The molecular formula is C10H13N5O2. The van der Waals surface area contributed by atoms with Crippen molar-refractivity contribution in [2.45, 2.75) is 6.92 Å². The summed E-state index contributed by atoms with van der Waals surface area (Å²) in [7, 11) is 0. The van der Waals surface area contributed by atoms with E-state index in [0.29, 0.717) is 30.7 Å². The first-order chi connectivity index (χ1) is 8.34. The molecule has 0 amide bonds. The molecule has 0 bridgehead atoms. The largest absolute Gasteiger partial charge is 0.448 e. The lowest BCUT2D eigenvalue weighted by Gasteiger charge is -2.25. The molecule has 1 saturated heterocycles. The molecule has 2 aromatic rings. The molecule has 1 aliphatic rings. The number of hydrogen-bond acceptors (Lipinski definition) is 6. The van der Waals surface area contributed by atoms with Crippen molar-refractivity contribution in [3.8, 4) is 11.5 Å². The number of aryl methyl sites for hydroxylation is 1. The summed E-state index contributed by atoms with van der Waals surface area (Å²) in [5, 5.41) is 7.07. The predicted molar refractivity (Wildman–Crippen MR) is 59.6 cm³/mol. The van der Waals surface area contributed by atoms with Gasteiger partial charge in [0, 0.05) is 13.1 Å². The number of aromatic amines is 1. The van der Waals surface area contributed by atoms with E-state index in [2.05, 4.69) is 25.1 Å². The maximum Gasteiger partial charge on any atom is 0.245 e. The van der Waals surface area contributed by atoms with Gasteiger partial charge in [-0.05, 0) is 6.92 Å². The Kier molecular flexibility index (Phi) is 2.52. The SMILES string of the molecule is Cc1ocnc1-c1nc(N2CCOCC2)n[nH]1. The Morgan fingerprint density at radius 3 is 2.88 bits per heavy atom. The second-order valence-electron chi connectivity index (χ2n) is 3.84. The van der Waals surface area contributed by atoms with Crippen molar-refractivity contribution in [3.05, 3.63) is 12.2 Å². The number of rotatable bonds is 2. The average molecular weight is 235 g/mol. The number of aromatic nitrogens is 4. The summed E-state index contributed by atoms with van der Waals surface area (Å²) in [6, 6.07) is 0. The van der Waals surface area contributed by atoms with Gasteiger partial charge in [-0.1, -0.05) is 0 Å². The number of ether oxygens (including phenoxy) is 1. The fourth-order valence-corrected chi connectivity index (χ4v) is 1.80. The smallest absolute Gasteiger partial charge is 0.245 e. The molecule has 0 aromatic carbocycles. The van der Waals surface area contributed by atoms with Gasteiger partial charge in [-0.15, -0.1) is 5.10 Å². The molecule has 0 radical (unpaired) electrons. The first kappa shape index (κ1) is 10.3. The highest BCUT2D eigenvalue weighted by atomic mass is 16.5. The lowest BCUT2D eigenvalue weighted by atomic mass is 10.3. The topological polar surface area (TPSA) is 80.1 Å².